The van der Waals surface area contributed by atoms with E-state index in [1.165, 1.54) is 7.11 Å². The number of carbonyl (C=O) groups is 1. The number of aliphatic hydroxyl groups excluding tert-OH is 1. The lowest BCUT2D eigenvalue weighted by molar-refractivity contribution is -0.145. The molecular formula is C12H25NO4. The number of hydrogen-bond acceptors (Lipinski definition) is 5. The van der Waals surface area contributed by atoms with Gasteiger partial charge in [-0.2, -0.15) is 0 Å². The van der Waals surface area contributed by atoms with Crippen molar-refractivity contribution in [3.8, 4) is 0 Å². The van der Waals surface area contributed by atoms with E-state index in [1.807, 2.05) is 25.8 Å². The second-order valence-electron chi connectivity index (χ2n) is 4.28. The predicted molar refractivity (Wildman–Crippen MR) is 65.8 cm³/mol. The summed E-state index contributed by atoms with van der Waals surface area (Å²) in [5, 5.41) is 9.72. The average Bonchev–Trinajstić information content (AvgIpc) is 2.27. The summed E-state index contributed by atoms with van der Waals surface area (Å²) in [7, 11) is 3.26. The van der Waals surface area contributed by atoms with Crippen molar-refractivity contribution in [2.45, 2.75) is 26.4 Å². The number of rotatable bonds is 9. The molecule has 0 radical (unpaired) electrons. The van der Waals surface area contributed by atoms with Crippen LogP contribution in [0.3, 0.4) is 0 Å². The molecule has 0 aromatic carbocycles. The molecule has 0 aromatic heterocycles. The first-order chi connectivity index (χ1) is 8.01. The van der Waals surface area contributed by atoms with Crippen molar-refractivity contribution in [3.63, 3.8) is 0 Å². The Labute approximate surface area is 104 Å². The highest BCUT2D eigenvalue weighted by atomic mass is 16.5. The van der Waals surface area contributed by atoms with Crippen LogP contribution in [0.5, 0.6) is 0 Å². The monoisotopic (exact) mass is 247 g/mol. The van der Waals surface area contributed by atoms with Crippen molar-refractivity contribution in [1.29, 1.82) is 0 Å². The lowest BCUT2D eigenvalue weighted by atomic mass is 10.1. The van der Waals surface area contributed by atoms with Gasteiger partial charge in [-0.3, -0.25) is 4.79 Å². The van der Waals surface area contributed by atoms with Crippen LogP contribution in [0.1, 0.15) is 20.3 Å². The van der Waals surface area contributed by atoms with Gasteiger partial charge in [0.1, 0.15) is 0 Å². The van der Waals surface area contributed by atoms with Crippen LogP contribution in [-0.2, 0) is 14.3 Å². The zero-order chi connectivity index (χ0) is 13.3. The summed E-state index contributed by atoms with van der Waals surface area (Å²) < 4.78 is 9.82. The Kier molecular flexibility index (Phi) is 9.03. The maximum absolute atomic E-state index is 11.2. The first-order valence-corrected chi connectivity index (χ1v) is 6.03. The molecule has 0 rings (SSSR count). The maximum Gasteiger partial charge on any atom is 0.309 e. The van der Waals surface area contributed by atoms with E-state index < -0.39 is 6.10 Å². The fraction of sp³-hybridized carbons (Fsp3) is 0.917. The first-order valence-electron chi connectivity index (χ1n) is 6.03. The van der Waals surface area contributed by atoms with E-state index in [0.717, 1.165) is 0 Å². The van der Waals surface area contributed by atoms with Crippen molar-refractivity contribution in [2.75, 3.05) is 40.5 Å². The molecule has 0 amide bonds. The molecular weight excluding hydrogens is 222 g/mol. The number of hydrogen-bond donors (Lipinski definition) is 1. The third-order valence-corrected chi connectivity index (χ3v) is 2.51. The van der Waals surface area contributed by atoms with Crippen LogP contribution in [-0.4, -0.2) is 62.5 Å². The summed E-state index contributed by atoms with van der Waals surface area (Å²) in [5.41, 5.74) is 0. The van der Waals surface area contributed by atoms with Gasteiger partial charge in [-0.1, -0.05) is 6.92 Å². The van der Waals surface area contributed by atoms with Crippen LogP contribution in [0.2, 0.25) is 0 Å². The van der Waals surface area contributed by atoms with Gasteiger partial charge in [0.15, 0.2) is 0 Å². The molecule has 17 heavy (non-hydrogen) atoms. The van der Waals surface area contributed by atoms with Gasteiger partial charge < -0.3 is 19.5 Å². The van der Waals surface area contributed by atoms with E-state index in [4.69, 9.17) is 4.74 Å². The van der Waals surface area contributed by atoms with E-state index in [0.29, 0.717) is 32.7 Å². The smallest absolute Gasteiger partial charge is 0.309 e. The van der Waals surface area contributed by atoms with E-state index in [1.54, 1.807) is 0 Å². The van der Waals surface area contributed by atoms with Crippen molar-refractivity contribution >= 4 is 5.97 Å². The Morgan fingerprint density at radius 2 is 2.06 bits per heavy atom. The molecule has 5 heteroatoms. The standard InChI is InChI=1S/C12H25NO4/c1-5-17-7-6-11(14)9-13(3)8-10(2)12(15)16-4/h10-11,14H,5-9H2,1-4H3/t10-,11-/m0/s1. The van der Waals surface area contributed by atoms with Crippen molar-refractivity contribution in [2.24, 2.45) is 5.92 Å². The third kappa shape index (κ3) is 8.12. The number of carbonyl (C=O) groups excluding carboxylic acids is 1. The molecule has 0 unspecified atom stereocenters. The number of likely N-dealkylation sites (N-methyl/N-ethyl adjacent to an activating group) is 1. The van der Waals surface area contributed by atoms with Gasteiger partial charge in [0.05, 0.1) is 19.1 Å². The number of aliphatic hydroxyl groups is 1. The highest BCUT2D eigenvalue weighted by Crippen LogP contribution is 2.03. The van der Waals surface area contributed by atoms with Crippen LogP contribution in [0, 0.1) is 5.92 Å². The van der Waals surface area contributed by atoms with Crippen LogP contribution in [0.15, 0.2) is 0 Å². The number of ether oxygens (including phenoxy) is 2. The molecule has 102 valence electrons. The largest absolute Gasteiger partial charge is 0.469 e. The van der Waals surface area contributed by atoms with Crippen LogP contribution < -0.4 is 0 Å². The number of nitrogens with zero attached hydrogens (tertiary/aromatic N) is 1. The molecule has 0 fully saturated rings. The molecule has 0 aliphatic carbocycles. The van der Waals surface area contributed by atoms with Gasteiger partial charge >= 0.3 is 5.97 Å². The van der Waals surface area contributed by atoms with E-state index in [2.05, 4.69) is 4.74 Å². The van der Waals surface area contributed by atoms with Gasteiger partial charge in [-0.25, -0.2) is 0 Å². The minimum absolute atomic E-state index is 0.177. The molecule has 0 heterocycles. The number of methoxy groups -OCH3 is 1. The highest BCUT2D eigenvalue weighted by Gasteiger charge is 2.17. The van der Waals surface area contributed by atoms with Crippen LogP contribution in [0.4, 0.5) is 0 Å². The Hall–Kier alpha value is -0.650. The molecule has 5 nitrogen and oxygen atoms in total. The Balaban J connectivity index is 3.76. The summed E-state index contributed by atoms with van der Waals surface area (Å²) in [6, 6.07) is 0. The summed E-state index contributed by atoms with van der Waals surface area (Å²) in [6.45, 7) is 6.10. The minimum Gasteiger partial charge on any atom is -0.469 e. The zero-order valence-electron chi connectivity index (χ0n) is 11.3. The lowest BCUT2D eigenvalue weighted by Gasteiger charge is -2.22. The Bertz CT molecular complexity index is 211. The van der Waals surface area contributed by atoms with Gasteiger partial charge in [0, 0.05) is 26.3 Å². The molecule has 0 bridgehead atoms. The molecule has 2 atom stereocenters. The highest BCUT2D eigenvalue weighted by molar-refractivity contribution is 5.71. The Morgan fingerprint density at radius 1 is 1.41 bits per heavy atom. The summed E-state index contributed by atoms with van der Waals surface area (Å²) in [6.07, 6.45) is 0.196. The minimum atomic E-state index is -0.420. The van der Waals surface area contributed by atoms with Gasteiger partial charge in [-0.05, 0) is 20.4 Å². The zero-order valence-corrected chi connectivity index (χ0v) is 11.3. The molecule has 0 aliphatic heterocycles. The summed E-state index contributed by atoms with van der Waals surface area (Å²) >= 11 is 0. The molecule has 0 spiro atoms. The average molecular weight is 247 g/mol. The molecule has 0 saturated carbocycles. The summed E-state index contributed by atoms with van der Waals surface area (Å²) in [5.74, 6) is -0.398. The van der Waals surface area contributed by atoms with Crippen molar-refractivity contribution < 1.29 is 19.4 Å². The third-order valence-electron chi connectivity index (χ3n) is 2.51. The quantitative estimate of drug-likeness (QED) is 0.475. The maximum atomic E-state index is 11.2. The lowest BCUT2D eigenvalue weighted by Crippen LogP contribution is -2.35. The predicted octanol–water partition coefficient (Wildman–Crippen LogP) is 0.515. The van der Waals surface area contributed by atoms with Crippen molar-refractivity contribution in [3.05, 3.63) is 0 Å². The van der Waals surface area contributed by atoms with Crippen LogP contribution >= 0.6 is 0 Å². The van der Waals surface area contributed by atoms with E-state index >= 15 is 0 Å². The number of esters is 1. The fourth-order valence-electron chi connectivity index (χ4n) is 1.63. The molecule has 0 aliphatic rings. The van der Waals surface area contributed by atoms with E-state index in [-0.39, 0.29) is 11.9 Å². The topological polar surface area (TPSA) is 59.0 Å². The first kappa shape index (κ1) is 16.4. The van der Waals surface area contributed by atoms with Crippen molar-refractivity contribution in [1.82, 2.24) is 4.90 Å². The molecule has 1 N–H and O–H groups in total. The van der Waals surface area contributed by atoms with Gasteiger partial charge in [0.25, 0.3) is 0 Å². The Morgan fingerprint density at radius 3 is 2.59 bits per heavy atom. The molecule has 0 saturated heterocycles. The van der Waals surface area contributed by atoms with Gasteiger partial charge in [0.2, 0.25) is 0 Å². The normalized spacial score (nSPS) is 14.7. The summed E-state index contributed by atoms with van der Waals surface area (Å²) in [4.78, 5) is 13.1. The van der Waals surface area contributed by atoms with Gasteiger partial charge in [-0.15, -0.1) is 0 Å². The second kappa shape index (κ2) is 9.39. The van der Waals surface area contributed by atoms with E-state index in [9.17, 15) is 9.90 Å². The SMILES string of the molecule is CCOCC[C@H](O)CN(C)C[C@H](C)C(=O)OC. The molecule has 0 aromatic rings. The fourth-order valence-corrected chi connectivity index (χ4v) is 1.63. The second-order valence-corrected chi connectivity index (χ2v) is 4.28. The van der Waals surface area contributed by atoms with Crippen LogP contribution in [0.25, 0.3) is 0 Å².